The van der Waals surface area contributed by atoms with E-state index in [1.165, 1.54) is 12.1 Å². The van der Waals surface area contributed by atoms with Gasteiger partial charge in [0.15, 0.2) is 9.84 Å². The van der Waals surface area contributed by atoms with Gasteiger partial charge in [-0.3, -0.25) is 9.59 Å². The second kappa shape index (κ2) is 6.69. The smallest absolute Gasteiger partial charge is 0.305 e. The SMILES string of the molecule is O=CN[C@H](/C=C/S(=O)(=O)c1ccccc1)CC(=O)O. The quantitative estimate of drug-likeness (QED) is 0.712. The van der Waals surface area contributed by atoms with Crippen LogP contribution in [0.2, 0.25) is 0 Å². The van der Waals surface area contributed by atoms with Crippen LogP contribution in [0.4, 0.5) is 0 Å². The first kappa shape index (κ1) is 14.9. The van der Waals surface area contributed by atoms with Crippen molar-refractivity contribution < 1.29 is 23.1 Å². The number of carboxylic acid groups (broad SMARTS) is 1. The number of hydrogen-bond donors (Lipinski definition) is 2. The maximum atomic E-state index is 11.9. The van der Waals surface area contributed by atoms with Crippen LogP contribution in [-0.2, 0) is 19.4 Å². The number of hydrogen-bond acceptors (Lipinski definition) is 4. The maximum absolute atomic E-state index is 11.9. The van der Waals surface area contributed by atoms with Crippen molar-refractivity contribution in [3.63, 3.8) is 0 Å². The normalized spacial score (nSPS) is 13.1. The molecule has 0 saturated heterocycles. The molecule has 19 heavy (non-hydrogen) atoms. The van der Waals surface area contributed by atoms with E-state index >= 15 is 0 Å². The van der Waals surface area contributed by atoms with Crippen molar-refractivity contribution in [3.8, 4) is 0 Å². The summed E-state index contributed by atoms with van der Waals surface area (Å²) in [4.78, 5) is 20.9. The van der Waals surface area contributed by atoms with E-state index in [0.29, 0.717) is 6.41 Å². The number of rotatable bonds is 7. The Bertz CT molecular complexity index is 565. The summed E-state index contributed by atoms with van der Waals surface area (Å²) < 4.78 is 23.8. The fraction of sp³-hybridized carbons (Fsp3) is 0.167. The molecule has 7 heteroatoms. The minimum Gasteiger partial charge on any atom is -0.481 e. The Labute approximate surface area is 110 Å². The largest absolute Gasteiger partial charge is 0.481 e. The molecule has 1 amide bonds. The molecule has 0 heterocycles. The van der Waals surface area contributed by atoms with Crippen LogP contribution in [0.1, 0.15) is 6.42 Å². The number of amides is 1. The molecule has 0 radical (unpaired) electrons. The summed E-state index contributed by atoms with van der Waals surface area (Å²) in [5.74, 6) is -1.14. The summed E-state index contributed by atoms with van der Waals surface area (Å²) in [5.41, 5.74) is 0. The molecule has 0 spiro atoms. The van der Waals surface area contributed by atoms with Crippen molar-refractivity contribution in [2.75, 3.05) is 0 Å². The van der Waals surface area contributed by atoms with Crippen LogP contribution in [0.25, 0.3) is 0 Å². The summed E-state index contributed by atoms with van der Waals surface area (Å²) in [7, 11) is -3.64. The summed E-state index contributed by atoms with van der Waals surface area (Å²) >= 11 is 0. The Morgan fingerprint density at radius 3 is 2.47 bits per heavy atom. The van der Waals surface area contributed by atoms with Gasteiger partial charge < -0.3 is 10.4 Å². The molecule has 0 unspecified atom stereocenters. The van der Waals surface area contributed by atoms with Crippen LogP contribution in [0.3, 0.4) is 0 Å². The average molecular weight is 283 g/mol. The second-order valence-corrected chi connectivity index (χ2v) is 5.51. The van der Waals surface area contributed by atoms with Gasteiger partial charge in [-0.1, -0.05) is 24.3 Å². The minimum atomic E-state index is -3.64. The summed E-state index contributed by atoms with van der Waals surface area (Å²) in [6.45, 7) is 0. The van der Waals surface area contributed by atoms with Gasteiger partial charge in [0, 0.05) is 5.41 Å². The van der Waals surface area contributed by atoms with Gasteiger partial charge in [-0.2, -0.15) is 0 Å². The van der Waals surface area contributed by atoms with Crippen molar-refractivity contribution >= 4 is 22.2 Å². The van der Waals surface area contributed by atoms with Gasteiger partial charge in [0.2, 0.25) is 6.41 Å². The average Bonchev–Trinajstić information content (AvgIpc) is 2.37. The monoisotopic (exact) mass is 283 g/mol. The number of carboxylic acids is 1. The number of carbonyl (C=O) groups is 2. The van der Waals surface area contributed by atoms with Crippen LogP contribution in [0, 0.1) is 0 Å². The summed E-state index contributed by atoms with van der Waals surface area (Å²) in [6, 6.07) is 6.84. The molecule has 2 N–H and O–H groups in total. The van der Waals surface area contributed by atoms with Gasteiger partial charge in [0.25, 0.3) is 0 Å². The molecular weight excluding hydrogens is 270 g/mol. The van der Waals surface area contributed by atoms with Crippen LogP contribution in [0.15, 0.2) is 46.7 Å². The topological polar surface area (TPSA) is 101 Å². The van der Waals surface area contributed by atoms with E-state index in [1.807, 2.05) is 0 Å². The van der Waals surface area contributed by atoms with Gasteiger partial charge in [0.1, 0.15) is 0 Å². The lowest BCUT2D eigenvalue weighted by Crippen LogP contribution is -2.28. The Kier molecular flexibility index (Phi) is 5.25. The predicted molar refractivity (Wildman–Crippen MR) is 68.0 cm³/mol. The van der Waals surface area contributed by atoms with E-state index in [9.17, 15) is 18.0 Å². The number of sulfone groups is 1. The Balaban J connectivity index is 2.88. The molecule has 102 valence electrons. The Morgan fingerprint density at radius 1 is 1.32 bits per heavy atom. The lowest BCUT2D eigenvalue weighted by atomic mass is 10.2. The van der Waals surface area contributed by atoms with Crippen LogP contribution in [-0.4, -0.2) is 31.9 Å². The number of nitrogens with one attached hydrogen (secondary N) is 1. The van der Waals surface area contributed by atoms with Crippen molar-refractivity contribution in [2.45, 2.75) is 17.4 Å². The molecule has 1 aromatic rings. The van der Waals surface area contributed by atoms with E-state index in [2.05, 4.69) is 5.32 Å². The molecule has 1 aromatic carbocycles. The zero-order chi connectivity index (χ0) is 14.3. The van der Waals surface area contributed by atoms with E-state index < -0.39 is 21.8 Å². The van der Waals surface area contributed by atoms with Crippen molar-refractivity contribution in [1.82, 2.24) is 5.32 Å². The highest BCUT2D eigenvalue weighted by atomic mass is 32.2. The fourth-order valence-corrected chi connectivity index (χ4v) is 2.44. The molecule has 1 rings (SSSR count). The first-order valence-corrected chi connectivity index (χ1v) is 6.90. The number of benzene rings is 1. The van der Waals surface area contributed by atoms with Crippen LogP contribution in [0.5, 0.6) is 0 Å². The minimum absolute atomic E-state index is 0.103. The van der Waals surface area contributed by atoms with Gasteiger partial charge in [0.05, 0.1) is 17.4 Å². The standard InChI is InChI=1S/C12H13NO5S/c14-9-13-10(8-12(15)16)6-7-19(17,18)11-4-2-1-3-5-11/h1-7,9-10H,8H2,(H,13,14)(H,15,16)/b7-6+/t10-/m1/s1. The molecule has 0 aliphatic rings. The summed E-state index contributed by atoms with van der Waals surface area (Å²) in [5, 5.41) is 11.7. The first-order valence-electron chi connectivity index (χ1n) is 5.35. The molecule has 0 bridgehead atoms. The third kappa shape index (κ3) is 4.92. The second-order valence-electron chi connectivity index (χ2n) is 3.68. The zero-order valence-corrected chi connectivity index (χ0v) is 10.7. The van der Waals surface area contributed by atoms with Crippen molar-refractivity contribution in [2.24, 2.45) is 0 Å². The maximum Gasteiger partial charge on any atom is 0.305 e. The zero-order valence-electron chi connectivity index (χ0n) is 9.89. The van der Waals surface area contributed by atoms with Gasteiger partial charge in [-0.15, -0.1) is 0 Å². The highest BCUT2D eigenvalue weighted by Crippen LogP contribution is 2.11. The fourth-order valence-electron chi connectivity index (χ4n) is 1.35. The van der Waals surface area contributed by atoms with Crippen LogP contribution < -0.4 is 5.32 Å². The van der Waals surface area contributed by atoms with Gasteiger partial charge in [-0.25, -0.2) is 8.42 Å². The summed E-state index contributed by atoms with van der Waals surface area (Å²) in [6.07, 6.45) is 1.08. The lowest BCUT2D eigenvalue weighted by Gasteiger charge is -2.08. The molecule has 1 atom stereocenters. The van der Waals surface area contributed by atoms with Crippen LogP contribution >= 0.6 is 0 Å². The van der Waals surface area contributed by atoms with Gasteiger partial charge >= 0.3 is 5.97 Å². The van der Waals surface area contributed by atoms with E-state index in [0.717, 1.165) is 11.5 Å². The lowest BCUT2D eigenvalue weighted by molar-refractivity contribution is -0.137. The van der Waals surface area contributed by atoms with Gasteiger partial charge in [-0.05, 0) is 12.1 Å². The number of aliphatic carboxylic acids is 1. The van der Waals surface area contributed by atoms with Crippen molar-refractivity contribution in [1.29, 1.82) is 0 Å². The Morgan fingerprint density at radius 2 is 1.95 bits per heavy atom. The molecule has 0 aliphatic heterocycles. The third-order valence-corrected chi connectivity index (χ3v) is 3.68. The molecule has 6 nitrogen and oxygen atoms in total. The van der Waals surface area contributed by atoms with E-state index in [4.69, 9.17) is 5.11 Å². The van der Waals surface area contributed by atoms with E-state index in [-0.39, 0.29) is 11.3 Å². The predicted octanol–water partition coefficient (Wildman–Crippen LogP) is 0.563. The molecule has 0 saturated carbocycles. The highest BCUT2D eigenvalue weighted by Gasteiger charge is 2.13. The highest BCUT2D eigenvalue weighted by molar-refractivity contribution is 7.94. The molecule has 0 aromatic heterocycles. The Hall–Kier alpha value is -2.15. The molecule has 0 fully saturated rings. The van der Waals surface area contributed by atoms with E-state index in [1.54, 1.807) is 18.2 Å². The molecular formula is C12H13NO5S. The third-order valence-electron chi connectivity index (χ3n) is 2.24. The number of carbonyl (C=O) groups excluding carboxylic acids is 1. The first-order chi connectivity index (χ1) is 8.95. The van der Waals surface area contributed by atoms with Crippen molar-refractivity contribution in [3.05, 3.63) is 41.8 Å². The molecule has 0 aliphatic carbocycles.